The zero-order valence-electron chi connectivity index (χ0n) is 5.52. The molecule has 0 saturated heterocycles. The van der Waals surface area contributed by atoms with Crippen LogP contribution in [-0.4, -0.2) is 11.3 Å². The van der Waals surface area contributed by atoms with Crippen LogP contribution in [0.2, 0.25) is 0 Å². The molecule has 2 nitrogen and oxygen atoms in total. The third-order valence-corrected chi connectivity index (χ3v) is 0.792. The fourth-order valence-corrected chi connectivity index (χ4v) is 0.398. The molecular formula is C6H14NO. The van der Waals surface area contributed by atoms with Gasteiger partial charge >= 0.3 is 0 Å². The first-order chi connectivity index (χ1) is 3.77. The Morgan fingerprint density at radius 3 is 2.75 bits per heavy atom. The molecule has 2 N–H and O–H groups in total. The molecule has 0 spiro atoms. The quantitative estimate of drug-likeness (QED) is 0.422. The van der Waals surface area contributed by atoms with E-state index in [1.54, 1.807) is 6.92 Å². The van der Waals surface area contributed by atoms with Crippen LogP contribution in [0.4, 0.5) is 0 Å². The van der Waals surface area contributed by atoms with Crippen molar-refractivity contribution in [3.63, 3.8) is 0 Å². The van der Waals surface area contributed by atoms with Gasteiger partial charge < -0.3 is 5.11 Å². The molecule has 0 bridgehead atoms. The molecular weight excluding hydrogens is 102 g/mol. The Labute approximate surface area is 50.9 Å². The van der Waals surface area contributed by atoms with Crippen LogP contribution >= 0.6 is 0 Å². The zero-order valence-corrected chi connectivity index (χ0v) is 5.52. The number of hydrogen-bond donors (Lipinski definition) is 2. The lowest BCUT2D eigenvalue weighted by Crippen LogP contribution is -2.21. The van der Waals surface area contributed by atoms with Crippen molar-refractivity contribution >= 4 is 0 Å². The van der Waals surface area contributed by atoms with E-state index in [4.69, 9.17) is 5.11 Å². The van der Waals surface area contributed by atoms with Gasteiger partial charge in [-0.05, 0) is 13.3 Å². The molecule has 2 heteroatoms. The first kappa shape index (κ1) is 7.92. The predicted octanol–water partition coefficient (Wildman–Crippen LogP) is 0.876. The van der Waals surface area contributed by atoms with E-state index in [1.807, 2.05) is 6.54 Å². The van der Waals surface area contributed by atoms with Crippen LogP contribution in [0, 0.1) is 6.54 Å². The summed E-state index contributed by atoms with van der Waals surface area (Å²) in [6.45, 7) is 5.68. The van der Waals surface area contributed by atoms with Crippen LogP contribution in [0.25, 0.3) is 0 Å². The number of rotatable bonds is 4. The molecule has 1 radical (unpaired) electrons. The van der Waals surface area contributed by atoms with Crippen LogP contribution in [0.5, 0.6) is 0 Å². The third-order valence-electron chi connectivity index (χ3n) is 0.792. The molecule has 0 aromatic rings. The van der Waals surface area contributed by atoms with Gasteiger partial charge in [0.1, 0.15) is 6.23 Å². The fourth-order valence-electron chi connectivity index (χ4n) is 0.398. The zero-order chi connectivity index (χ0) is 6.41. The Morgan fingerprint density at radius 2 is 2.38 bits per heavy atom. The lowest BCUT2D eigenvalue weighted by atomic mass is 10.3. The van der Waals surface area contributed by atoms with Crippen molar-refractivity contribution in [3.05, 3.63) is 6.54 Å². The van der Waals surface area contributed by atoms with E-state index < -0.39 is 6.23 Å². The standard InChI is InChI=1S/C6H14NO/c1-3-4-5-7-6(2)8/h5-8H,3-4H2,1-2H3. The van der Waals surface area contributed by atoms with Crippen LogP contribution < -0.4 is 5.32 Å². The second-order valence-corrected chi connectivity index (χ2v) is 1.84. The van der Waals surface area contributed by atoms with E-state index in [0.29, 0.717) is 0 Å². The average molecular weight is 116 g/mol. The number of aliphatic hydroxyl groups excluding tert-OH is 1. The van der Waals surface area contributed by atoms with E-state index in [2.05, 4.69) is 12.2 Å². The van der Waals surface area contributed by atoms with Gasteiger partial charge in [0, 0.05) is 6.54 Å². The molecule has 0 aromatic heterocycles. The van der Waals surface area contributed by atoms with Crippen LogP contribution in [0.15, 0.2) is 0 Å². The summed E-state index contributed by atoms with van der Waals surface area (Å²) in [5.74, 6) is 0. The monoisotopic (exact) mass is 116 g/mol. The minimum absolute atomic E-state index is 0.401. The number of hydrogen-bond acceptors (Lipinski definition) is 2. The summed E-state index contributed by atoms with van der Waals surface area (Å²) in [7, 11) is 0. The smallest absolute Gasteiger partial charge is 0.102 e. The molecule has 1 atom stereocenters. The fraction of sp³-hybridized carbons (Fsp3) is 0.833. The lowest BCUT2D eigenvalue weighted by molar-refractivity contribution is 0.166. The Balaban J connectivity index is 2.72. The molecule has 1 unspecified atom stereocenters. The van der Waals surface area contributed by atoms with Gasteiger partial charge in [-0.3, -0.25) is 5.32 Å². The largest absolute Gasteiger partial charge is 0.379 e. The Hall–Kier alpha value is -0.0800. The normalized spacial score (nSPS) is 13.9. The SMILES string of the molecule is CCC[CH]NC(C)O. The van der Waals surface area contributed by atoms with Gasteiger partial charge in [-0.1, -0.05) is 13.3 Å². The number of aliphatic hydroxyl groups is 1. The van der Waals surface area contributed by atoms with Gasteiger partial charge in [-0.15, -0.1) is 0 Å². The summed E-state index contributed by atoms with van der Waals surface area (Å²) in [6.07, 6.45) is 1.74. The van der Waals surface area contributed by atoms with E-state index >= 15 is 0 Å². The maximum atomic E-state index is 8.64. The lowest BCUT2D eigenvalue weighted by Gasteiger charge is -2.03. The van der Waals surface area contributed by atoms with Gasteiger partial charge in [0.2, 0.25) is 0 Å². The average Bonchev–Trinajstić information content (AvgIpc) is 1.66. The summed E-state index contributed by atoms with van der Waals surface area (Å²) in [6, 6.07) is 0. The summed E-state index contributed by atoms with van der Waals surface area (Å²) in [5, 5.41) is 11.4. The van der Waals surface area contributed by atoms with Gasteiger partial charge in [0.05, 0.1) is 0 Å². The van der Waals surface area contributed by atoms with Crippen LogP contribution in [0.1, 0.15) is 26.7 Å². The highest BCUT2D eigenvalue weighted by atomic mass is 16.3. The summed E-state index contributed by atoms with van der Waals surface area (Å²) in [4.78, 5) is 0. The maximum Gasteiger partial charge on any atom is 0.102 e. The first-order valence-corrected chi connectivity index (χ1v) is 3.03. The van der Waals surface area contributed by atoms with Crippen molar-refractivity contribution < 1.29 is 5.11 Å². The van der Waals surface area contributed by atoms with Crippen LogP contribution in [-0.2, 0) is 0 Å². The highest BCUT2D eigenvalue weighted by molar-refractivity contribution is 4.59. The number of unbranched alkanes of at least 4 members (excludes halogenated alkanes) is 1. The molecule has 0 heterocycles. The Bertz CT molecular complexity index is 45.8. The van der Waals surface area contributed by atoms with Crippen LogP contribution in [0.3, 0.4) is 0 Å². The van der Waals surface area contributed by atoms with Crippen molar-refractivity contribution in [3.8, 4) is 0 Å². The highest BCUT2D eigenvalue weighted by Gasteiger charge is 1.89. The second-order valence-electron chi connectivity index (χ2n) is 1.84. The highest BCUT2D eigenvalue weighted by Crippen LogP contribution is 1.87. The molecule has 8 heavy (non-hydrogen) atoms. The molecule has 0 aliphatic rings. The van der Waals surface area contributed by atoms with Gasteiger partial charge in [-0.25, -0.2) is 0 Å². The molecule has 0 saturated carbocycles. The van der Waals surface area contributed by atoms with E-state index in [-0.39, 0.29) is 0 Å². The van der Waals surface area contributed by atoms with Crippen molar-refractivity contribution in [2.24, 2.45) is 0 Å². The molecule has 0 aliphatic carbocycles. The molecule has 0 fully saturated rings. The minimum atomic E-state index is -0.401. The van der Waals surface area contributed by atoms with Gasteiger partial charge in [0.25, 0.3) is 0 Å². The summed E-state index contributed by atoms with van der Waals surface area (Å²) < 4.78 is 0. The summed E-state index contributed by atoms with van der Waals surface area (Å²) in [5.41, 5.74) is 0. The summed E-state index contributed by atoms with van der Waals surface area (Å²) >= 11 is 0. The van der Waals surface area contributed by atoms with Crippen molar-refractivity contribution in [1.29, 1.82) is 0 Å². The van der Waals surface area contributed by atoms with E-state index in [0.717, 1.165) is 12.8 Å². The molecule has 49 valence electrons. The van der Waals surface area contributed by atoms with Crippen molar-refractivity contribution in [1.82, 2.24) is 5.32 Å². The third kappa shape index (κ3) is 5.92. The van der Waals surface area contributed by atoms with E-state index in [9.17, 15) is 0 Å². The Morgan fingerprint density at radius 1 is 1.75 bits per heavy atom. The molecule has 0 aromatic carbocycles. The topological polar surface area (TPSA) is 32.3 Å². The molecule has 0 amide bonds. The van der Waals surface area contributed by atoms with E-state index in [1.165, 1.54) is 0 Å². The maximum absolute atomic E-state index is 8.64. The molecule has 0 aliphatic heterocycles. The second kappa shape index (κ2) is 5.06. The minimum Gasteiger partial charge on any atom is -0.379 e. The van der Waals surface area contributed by atoms with Gasteiger partial charge in [-0.2, -0.15) is 0 Å². The Kier molecular flexibility index (Phi) is 5.01. The first-order valence-electron chi connectivity index (χ1n) is 3.03. The number of nitrogens with one attached hydrogen (secondary N) is 1. The molecule has 0 rings (SSSR count). The van der Waals surface area contributed by atoms with Crippen molar-refractivity contribution in [2.75, 3.05) is 0 Å². The van der Waals surface area contributed by atoms with Gasteiger partial charge in [0.15, 0.2) is 0 Å². The van der Waals surface area contributed by atoms with Crippen molar-refractivity contribution in [2.45, 2.75) is 32.9 Å². The predicted molar refractivity (Wildman–Crippen MR) is 34.0 cm³/mol.